The van der Waals surface area contributed by atoms with Gasteiger partial charge in [0, 0.05) is 12.5 Å². The van der Waals surface area contributed by atoms with Crippen molar-refractivity contribution in [2.75, 3.05) is 13.7 Å². The van der Waals surface area contributed by atoms with Crippen molar-refractivity contribution < 1.29 is 4.74 Å². The van der Waals surface area contributed by atoms with Gasteiger partial charge in [0.15, 0.2) is 5.82 Å². The first kappa shape index (κ1) is 13.5. The summed E-state index contributed by atoms with van der Waals surface area (Å²) in [4.78, 5) is 1.48. The molecule has 0 aliphatic carbocycles. The highest BCUT2D eigenvalue weighted by atomic mass is 16.5. The molecule has 0 bridgehead atoms. The van der Waals surface area contributed by atoms with E-state index in [0.29, 0.717) is 6.42 Å². The average molecular weight is 261 g/mol. The van der Waals surface area contributed by atoms with Crippen molar-refractivity contribution in [3.05, 3.63) is 35.7 Å². The number of hydrogen-bond acceptors (Lipinski definition) is 5. The van der Waals surface area contributed by atoms with Crippen LogP contribution in [0, 0.1) is 0 Å². The van der Waals surface area contributed by atoms with Crippen LogP contribution >= 0.6 is 0 Å². The summed E-state index contributed by atoms with van der Waals surface area (Å²) in [5.41, 5.74) is 1.19. The summed E-state index contributed by atoms with van der Waals surface area (Å²) < 4.78 is 5.17. The van der Waals surface area contributed by atoms with Gasteiger partial charge in [-0.05, 0) is 29.5 Å². The number of hydrogen-bond donors (Lipinski definition) is 1. The lowest BCUT2D eigenvalue weighted by molar-refractivity contribution is 0.414. The highest BCUT2D eigenvalue weighted by Crippen LogP contribution is 2.19. The first-order valence-electron chi connectivity index (χ1n) is 6.33. The molecule has 0 aliphatic heterocycles. The third kappa shape index (κ3) is 3.51. The number of methoxy groups -OCH3 is 1. The van der Waals surface area contributed by atoms with E-state index in [1.54, 1.807) is 14.2 Å². The molecule has 1 unspecified atom stereocenters. The molecule has 1 heterocycles. The van der Waals surface area contributed by atoms with Crippen molar-refractivity contribution in [1.82, 2.24) is 25.5 Å². The molecule has 0 saturated heterocycles. The van der Waals surface area contributed by atoms with E-state index < -0.39 is 0 Å². The van der Waals surface area contributed by atoms with Gasteiger partial charge in [-0.3, -0.25) is 0 Å². The molecule has 102 valence electrons. The fourth-order valence-corrected chi connectivity index (χ4v) is 1.98. The second-order valence-electron chi connectivity index (χ2n) is 4.28. The lowest BCUT2D eigenvalue weighted by atomic mass is 10.0. The van der Waals surface area contributed by atoms with Gasteiger partial charge in [-0.25, -0.2) is 0 Å². The van der Waals surface area contributed by atoms with E-state index in [1.165, 1.54) is 10.4 Å². The molecular formula is C13H19N5O. The second-order valence-corrected chi connectivity index (χ2v) is 4.28. The Morgan fingerprint density at radius 2 is 2.05 bits per heavy atom. The quantitative estimate of drug-likeness (QED) is 0.844. The van der Waals surface area contributed by atoms with Crippen LogP contribution in [0.1, 0.15) is 24.4 Å². The maximum atomic E-state index is 5.17. The molecule has 0 aliphatic rings. The van der Waals surface area contributed by atoms with E-state index >= 15 is 0 Å². The molecule has 1 atom stereocenters. The zero-order valence-electron chi connectivity index (χ0n) is 11.5. The Bertz CT molecular complexity index is 508. The maximum Gasteiger partial charge on any atom is 0.176 e. The van der Waals surface area contributed by atoms with Crippen molar-refractivity contribution in [1.29, 1.82) is 0 Å². The summed E-state index contributed by atoms with van der Waals surface area (Å²) in [5.74, 6) is 1.60. The van der Waals surface area contributed by atoms with Crippen LogP contribution in [0.5, 0.6) is 5.75 Å². The summed E-state index contributed by atoms with van der Waals surface area (Å²) in [7, 11) is 3.44. The molecule has 2 aromatic rings. The molecule has 0 fully saturated rings. The number of aryl methyl sites for hydroxylation is 1. The Morgan fingerprint density at radius 3 is 2.58 bits per heavy atom. The van der Waals surface area contributed by atoms with Crippen LogP contribution in [0.4, 0.5) is 0 Å². The Hall–Kier alpha value is -1.95. The minimum absolute atomic E-state index is 0.181. The highest BCUT2D eigenvalue weighted by molar-refractivity contribution is 5.29. The minimum atomic E-state index is 0.181. The van der Waals surface area contributed by atoms with Gasteiger partial charge in [0.05, 0.1) is 14.2 Å². The summed E-state index contributed by atoms with van der Waals surface area (Å²) >= 11 is 0. The molecule has 0 amide bonds. The third-order valence-electron chi connectivity index (χ3n) is 2.91. The maximum absolute atomic E-state index is 5.17. The van der Waals surface area contributed by atoms with Crippen LogP contribution in [0.2, 0.25) is 0 Å². The standard InChI is InChI=1S/C13H19N5O/c1-4-14-12(9-13-15-17-18(2)16-13)10-5-7-11(19-3)8-6-10/h5-8,12,14H,4,9H2,1-3H3. The topological polar surface area (TPSA) is 64.9 Å². The molecule has 0 spiro atoms. The largest absolute Gasteiger partial charge is 0.497 e. The number of rotatable bonds is 6. The van der Waals surface area contributed by atoms with Gasteiger partial charge in [-0.2, -0.15) is 4.80 Å². The van der Waals surface area contributed by atoms with E-state index in [9.17, 15) is 0 Å². The van der Waals surface area contributed by atoms with E-state index in [2.05, 4.69) is 39.8 Å². The summed E-state index contributed by atoms with van der Waals surface area (Å²) in [6, 6.07) is 8.22. The van der Waals surface area contributed by atoms with Crippen LogP contribution < -0.4 is 10.1 Å². The Labute approximate surface area is 112 Å². The molecule has 1 N–H and O–H groups in total. The number of aromatic nitrogens is 4. The van der Waals surface area contributed by atoms with Gasteiger partial charge in [-0.1, -0.05) is 19.1 Å². The molecule has 6 nitrogen and oxygen atoms in total. The predicted molar refractivity (Wildman–Crippen MR) is 71.9 cm³/mol. The van der Waals surface area contributed by atoms with Crippen LogP contribution in [-0.4, -0.2) is 33.9 Å². The number of likely N-dealkylation sites (N-methyl/N-ethyl adjacent to an activating group) is 1. The molecule has 0 saturated carbocycles. The number of nitrogens with one attached hydrogen (secondary N) is 1. The Balaban J connectivity index is 2.13. The van der Waals surface area contributed by atoms with Crippen LogP contribution in [0.15, 0.2) is 24.3 Å². The Kier molecular flexibility index (Phi) is 4.46. The summed E-state index contributed by atoms with van der Waals surface area (Å²) in [6.45, 7) is 2.97. The predicted octanol–water partition coefficient (Wildman–Crippen LogP) is 1.11. The van der Waals surface area contributed by atoms with E-state index in [4.69, 9.17) is 4.74 Å². The molecule has 1 aromatic carbocycles. The Morgan fingerprint density at radius 1 is 1.32 bits per heavy atom. The number of benzene rings is 1. The SMILES string of the molecule is CCNC(Cc1nnn(C)n1)c1ccc(OC)cc1. The lowest BCUT2D eigenvalue weighted by Gasteiger charge is -2.16. The normalized spacial score (nSPS) is 12.4. The minimum Gasteiger partial charge on any atom is -0.497 e. The van der Waals surface area contributed by atoms with Crippen LogP contribution in [-0.2, 0) is 13.5 Å². The first-order chi connectivity index (χ1) is 9.22. The van der Waals surface area contributed by atoms with Gasteiger partial charge in [0.2, 0.25) is 0 Å². The number of nitrogens with zero attached hydrogens (tertiary/aromatic N) is 4. The molecule has 19 heavy (non-hydrogen) atoms. The van der Waals surface area contributed by atoms with Gasteiger partial charge in [0.1, 0.15) is 5.75 Å². The van der Waals surface area contributed by atoms with Crippen molar-refractivity contribution in [2.45, 2.75) is 19.4 Å². The highest BCUT2D eigenvalue weighted by Gasteiger charge is 2.14. The fourth-order valence-electron chi connectivity index (χ4n) is 1.98. The van der Waals surface area contributed by atoms with Gasteiger partial charge >= 0.3 is 0 Å². The fraction of sp³-hybridized carbons (Fsp3) is 0.462. The third-order valence-corrected chi connectivity index (χ3v) is 2.91. The van der Waals surface area contributed by atoms with Crippen LogP contribution in [0.3, 0.4) is 0 Å². The van der Waals surface area contributed by atoms with Crippen LogP contribution in [0.25, 0.3) is 0 Å². The zero-order valence-corrected chi connectivity index (χ0v) is 11.5. The van der Waals surface area contributed by atoms with E-state index in [-0.39, 0.29) is 6.04 Å². The van der Waals surface area contributed by atoms with Crippen molar-refractivity contribution in [3.63, 3.8) is 0 Å². The lowest BCUT2D eigenvalue weighted by Crippen LogP contribution is -2.23. The molecule has 1 aromatic heterocycles. The van der Waals surface area contributed by atoms with Gasteiger partial charge < -0.3 is 10.1 Å². The van der Waals surface area contributed by atoms with Crippen molar-refractivity contribution in [3.8, 4) is 5.75 Å². The smallest absolute Gasteiger partial charge is 0.176 e. The van der Waals surface area contributed by atoms with Gasteiger partial charge in [0.25, 0.3) is 0 Å². The number of tetrazole rings is 1. The first-order valence-corrected chi connectivity index (χ1v) is 6.33. The van der Waals surface area contributed by atoms with Crippen molar-refractivity contribution >= 4 is 0 Å². The van der Waals surface area contributed by atoms with E-state index in [1.807, 2.05) is 12.1 Å². The summed E-state index contributed by atoms with van der Waals surface area (Å²) in [6.07, 6.45) is 0.716. The average Bonchev–Trinajstić information content (AvgIpc) is 2.84. The van der Waals surface area contributed by atoms with Gasteiger partial charge in [-0.15, -0.1) is 10.2 Å². The molecule has 2 rings (SSSR count). The summed E-state index contributed by atoms with van der Waals surface area (Å²) in [5, 5.41) is 15.6. The number of ether oxygens (including phenoxy) is 1. The van der Waals surface area contributed by atoms with Crippen molar-refractivity contribution in [2.24, 2.45) is 7.05 Å². The molecule has 6 heteroatoms. The van der Waals surface area contributed by atoms with E-state index in [0.717, 1.165) is 18.1 Å². The monoisotopic (exact) mass is 261 g/mol. The molecular weight excluding hydrogens is 242 g/mol. The molecule has 0 radical (unpaired) electrons. The zero-order chi connectivity index (χ0) is 13.7. The second kappa shape index (κ2) is 6.29.